The molecule has 28 heavy (non-hydrogen) atoms. The molecule has 0 saturated carbocycles. The Morgan fingerprint density at radius 3 is 2.50 bits per heavy atom. The van der Waals surface area contributed by atoms with E-state index in [4.69, 9.17) is 9.88 Å². The Balaban J connectivity index is 1.86. The molecule has 0 aliphatic carbocycles. The number of nitrogens with one attached hydrogen (secondary N) is 1. The molecule has 2 rings (SSSR count). The molecule has 0 aliphatic heterocycles. The average molecular weight is 408 g/mol. The molecular weight excluding hydrogens is 387 g/mol. The number of ether oxygens (including phenoxy) is 1. The van der Waals surface area contributed by atoms with Gasteiger partial charge in [-0.05, 0) is 43.5 Å². The van der Waals surface area contributed by atoms with E-state index in [9.17, 15) is 22.4 Å². The highest BCUT2D eigenvalue weighted by Gasteiger charge is 2.19. The van der Waals surface area contributed by atoms with Crippen molar-refractivity contribution in [1.82, 2.24) is 5.32 Å². The maximum absolute atomic E-state index is 13.8. The van der Waals surface area contributed by atoms with Crippen molar-refractivity contribution < 1.29 is 27.1 Å². The Bertz CT molecular complexity index is 948. The fourth-order valence-electron chi connectivity index (χ4n) is 2.46. The van der Waals surface area contributed by atoms with Gasteiger partial charge in [0.1, 0.15) is 5.82 Å². The summed E-state index contributed by atoms with van der Waals surface area (Å²) in [7, 11) is -4.11. The van der Waals surface area contributed by atoms with Crippen LogP contribution in [0.5, 0.6) is 0 Å². The van der Waals surface area contributed by atoms with Crippen molar-refractivity contribution in [2.24, 2.45) is 5.14 Å². The lowest BCUT2D eigenvalue weighted by atomic mass is 10.1. The SMILES string of the molecule is C[C@@H](CCc1ccccc1)NC(=O)COC(=O)c1cc(S(N)(=O)=O)ccc1F. The Morgan fingerprint density at radius 2 is 1.86 bits per heavy atom. The van der Waals surface area contributed by atoms with Gasteiger partial charge in [0, 0.05) is 6.04 Å². The van der Waals surface area contributed by atoms with Crippen LogP contribution in [0.15, 0.2) is 53.4 Å². The zero-order chi connectivity index (χ0) is 20.7. The molecule has 7 nitrogen and oxygen atoms in total. The summed E-state index contributed by atoms with van der Waals surface area (Å²) in [6.45, 7) is 1.20. The number of carbonyl (C=O) groups is 2. The van der Waals surface area contributed by atoms with E-state index in [0.29, 0.717) is 6.42 Å². The minimum Gasteiger partial charge on any atom is -0.452 e. The number of benzene rings is 2. The number of hydrogen-bond acceptors (Lipinski definition) is 5. The smallest absolute Gasteiger partial charge is 0.341 e. The molecule has 0 aliphatic rings. The van der Waals surface area contributed by atoms with Crippen LogP contribution in [0.25, 0.3) is 0 Å². The van der Waals surface area contributed by atoms with Crippen molar-refractivity contribution in [1.29, 1.82) is 0 Å². The summed E-state index contributed by atoms with van der Waals surface area (Å²) < 4.78 is 41.2. The van der Waals surface area contributed by atoms with E-state index >= 15 is 0 Å². The quantitative estimate of drug-likeness (QED) is 0.646. The van der Waals surface area contributed by atoms with Crippen LogP contribution in [0.1, 0.15) is 29.3 Å². The molecule has 3 N–H and O–H groups in total. The fourth-order valence-corrected chi connectivity index (χ4v) is 3.00. The molecule has 0 unspecified atom stereocenters. The predicted octanol–water partition coefficient (Wildman–Crippen LogP) is 1.77. The minimum atomic E-state index is -4.11. The van der Waals surface area contributed by atoms with Gasteiger partial charge in [-0.15, -0.1) is 0 Å². The van der Waals surface area contributed by atoms with Crippen LogP contribution in [0, 0.1) is 5.82 Å². The summed E-state index contributed by atoms with van der Waals surface area (Å²) in [4.78, 5) is 23.5. The van der Waals surface area contributed by atoms with E-state index in [1.165, 1.54) is 0 Å². The zero-order valence-corrected chi connectivity index (χ0v) is 16.0. The highest BCUT2D eigenvalue weighted by atomic mass is 32.2. The van der Waals surface area contributed by atoms with Crippen LogP contribution in [-0.2, 0) is 26.0 Å². The molecular formula is C19H21FN2O5S. The topological polar surface area (TPSA) is 116 Å². The summed E-state index contributed by atoms with van der Waals surface area (Å²) >= 11 is 0. The first-order valence-corrected chi connectivity index (χ1v) is 10.0. The van der Waals surface area contributed by atoms with E-state index in [-0.39, 0.29) is 6.04 Å². The van der Waals surface area contributed by atoms with Crippen molar-refractivity contribution in [2.75, 3.05) is 6.61 Å². The minimum absolute atomic E-state index is 0.158. The lowest BCUT2D eigenvalue weighted by Gasteiger charge is -2.14. The molecule has 0 bridgehead atoms. The number of amides is 1. The van der Waals surface area contributed by atoms with Crippen LogP contribution in [-0.4, -0.2) is 32.9 Å². The van der Waals surface area contributed by atoms with Crippen LogP contribution >= 0.6 is 0 Å². The molecule has 0 fully saturated rings. The molecule has 0 heterocycles. The normalized spacial score (nSPS) is 12.2. The van der Waals surface area contributed by atoms with Gasteiger partial charge in [0.25, 0.3) is 5.91 Å². The summed E-state index contributed by atoms with van der Waals surface area (Å²) in [5.41, 5.74) is 0.525. The monoisotopic (exact) mass is 408 g/mol. The number of rotatable bonds is 8. The molecule has 2 aromatic rings. The Labute approximate surface area is 162 Å². The third-order valence-corrected chi connectivity index (χ3v) is 4.85. The van der Waals surface area contributed by atoms with Gasteiger partial charge in [-0.2, -0.15) is 0 Å². The van der Waals surface area contributed by atoms with Gasteiger partial charge in [0.2, 0.25) is 10.0 Å². The predicted molar refractivity (Wildman–Crippen MR) is 100 cm³/mol. The van der Waals surface area contributed by atoms with Crippen LogP contribution < -0.4 is 10.5 Å². The summed E-state index contributed by atoms with van der Waals surface area (Å²) in [5, 5.41) is 7.64. The summed E-state index contributed by atoms with van der Waals surface area (Å²) in [5.74, 6) is -2.68. The number of sulfonamides is 1. The van der Waals surface area contributed by atoms with Gasteiger partial charge in [-0.3, -0.25) is 4.79 Å². The first-order chi connectivity index (χ1) is 13.2. The number of esters is 1. The average Bonchev–Trinajstić information content (AvgIpc) is 2.64. The van der Waals surface area contributed by atoms with Crippen LogP contribution in [0.3, 0.4) is 0 Å². The van der Waals surface area contributed by atoms with E-state index < -0.39 is 44.8 Å². The van der Waals surface area contributed by atoms with Crippen LogP contribution in [0.4, 0.5) is 4.39 Å². The number of primary sulfonamides is 1. The molecule has 0 spiro atoms. The second kappa shape index (κ2) is 9.43. The molecule has 1 amide bonds. The third kappa shape index (κ3) is 6.43. The second-order valence-corrected chi connectivity index (χ2v) is 7.82. The Kier molecular flexibility index (Phi) is 7.24. The van der Waals surface area contributed by atoms with Gasteiger partial charge in [0.05, 0.1) is 10.5 Å². The fraction of sp³-hybridized carbons (Fsp3) is 0.263. The lowest BCUT2D eigenvalue weighted by Crippen LogP contribution is -2.36. The van der Waals surface area contributed by atoms with Crippen molar-refractivity contribution in [3.8, 4) is 0 Å². The number of carbonyl (C=O) groups excluding carboxylic acids is 2. The molecule has 150 valence electrons. The summed E-state index contributed by atoms with van der Waals surface area (Å²) in [6.07, 6.45) is 1.46. The van der Waals surface area contributed by atoms with Crippen molar-refractivity contribution >= 4 is 21.9 Å². The van der Waals surface area contributed by atoms with Gasteiger partial charge < -0.3 is 10.1 Å². The lowest BCUT2D eigenvalue weighted by molar-refractivity contribution is -0.124. The van der Waals surface area contributed by atoms with Gasteiger partial charge >= 0.3 is 5.97 Å². The van der Waals surface area contributed by atoms with Gasteiger partial charge in [-0.1, -0.05) is 30.3 Å². The maximum Gasteiger partial charge on any atom is 0.341 e. The standard InChI is InChI=1S/C19H21FN2O5S/c1-13(7-8-14-5-3-2-4-6-14)22-18(23)12-27-19(24)16-11-15(28(21,25)26)9-10-17(16)20/h2-6,9-11,13H,7-8,12H2,1H3,(H,22,23)(H2,21,25,26)/t13-/m0/s1. The second-order valence-electron chi connectivity index (χ2n) is 6.26. The van der Waals surface area contributed by atoms with Gasteiger partial charge in [0.15, 0.2) is 6.61 Å². The number of aryl methyl sites for hydroxylation is 1. The molecule has 1 atom stereocenters. The highest BCUT2D eigenvalue weighted by Crippen LogP contribution is 2.15. The molecule has 0 saturated heterocycles. The van der Waals surface area contributed by atoms with Crippen LogP contribution in [0.2, 0.25) is 0 Å². The van der Waals surface area contributed by atoms with Gasteiger partial charge in [-0.25, -0.2) is 22.7 Å². The summed E-state index contributed by atoms with van der Waals surface area (Å²) in [6, 6.07) is 12.1. The third-order valence-electron chi connectivity index (χ3n) is 3.94. The molecule has 9 heteroatoms. The first-order valence-electron chi connectivity index (χ1n) is 8.49. The number of halogens is 1. The zero-order valence-electron chi connectivity index (χ0n) is 15.2. The van der Waals surface area contributed by atoms with E-state index in [2.05, 4.69) is 5.32 Å². The maximum atomic E-state index is 13.8. The van der Waals surface area contributed by atoms with Crippen molar-refractivity contribution in [2.45, 2.75) is 30.7 Å². The van der Waals surface area contributed by atoms with Crippen molar-refractivity contribution in [3.05, 3.63) is 65.5 Å². The Hall–Kier alpha value is -2.78. The Morgan fingerprint density at radius 1 is 1.18 bits per heavy atom. The molecule has 2 aromatic carbocycles. The van der Waals surface area contributed by atoms with E-state index in [1.54, 1.807) is 0 Å². The highest BCUT2D eigenvalue weighted by molar-refractivity contribution is 7.89. The van der Waals surface area contributed by atoms with E-state index in [0.717, 1.165) is 30.2 Å². The van der Waals surface area contributed by atoms with Crippen molar-refractivity contribution in [3.63, 3.8) is 0 Å². The first kappa shape index (κ1) is 21.5. The largest absolute Gasteiger partial charge is 0.452 e. The molecule has 0 radical (unpaired) electrons. The van der Waals surface area contributed by atoms with E-state index in [1.807, 2.05) is 37.3 Å². The number of hydrogen-bond donors (Lipinski definition) is 2. The number of nitrogens with two attached hydrogens (primary N) is 1. The molecule has 0 aromatic heterocycles.